The van der Waals surface area contributed by atoms with Crippen LogP contribution in [0.5, 0.6) is 0 Å². The fraction of sp³-hybridized carbons (Fsp3) is 0.304. The fourth-order valence-electron chi connectivity index (χ4n) is 3.56. The molecule has 0 atom stereocenters. The fourth-order valence-corrected chi connectivity index (χ4v) is 3.81. The monoisotopic (exact) mass is 472 g/mol. The van der Waals surface area contributed by atoms with Gasteiger partial charge in [-0.3, -0.25) is 9.59 Å². The van der Waals surface area contributed by atoms with Crippen molar-refractivity contribution in [3.8, 4) is 11.4 Å². The van der Waals surface area contributed by atoms with E-state index in [0.29, 0.717) is 72.8 Å². The lowest BCUT2D eigenvalue weighted by Gasteiger charge is -2.35. The molecule has 0 aliphatic carbocycles. The van der Waals surface area contributed by atoms with E-state index in [-0.39, 0.29) is 11.8 Å². The first kappa shape index (κ1) is 22.3. The molecule has 166 valence electrons. The predicted octanol–water partition coefficient (Wildman–Crippen LogP) is 4.35. The number of nitrogens with zero attached hydrogens (tertiary/aromatic N) is 4. The normalized spacial score (nSPS) is 13.9. The summed E-state index contributed by atoms with van der Waals surface area (Å²) in [5.74, 6) is 1.04. The van der Waals surface area contributed by atoms with Crippen LogP contribution >= 0.6 is 23.2 Å². The average Bonchev–Trinajstić information content (AvgIpc) is 3.28. The van der Waals surface area contributed by atoms with E-state index in [9.17, 15) is 9.59 Å². The molecule has 2 aromatic carbocycles. The van der Waals surface area contributed by atoms with Crippen molar-refractivity contribution >= 4 is 35.0 Å². The standard InChI is InChI=1S/C23H22Cl2N4O3/c24-18-8-4-16(5-9-18)22-26-20(32-27-22)2-1-3-21(30)28-12-14-29(15-13-28)23(31)17-6-10-19(25)11-7-17/h4-11H,1-3,12-15H2. The molecular formula is C23H22Cl2N4O3. The summed E-state index contributed by atoms with van der Waals surface area (Å²) in [4.78, 5) is 33.1. The second-order valence-electron chi connectivity index (χ2n) is 7.55. The Morgan fingerprint density at radius 2 is 1.47 bits per heavy atom. The van der Waals surface area contributed by atoms with Crippen molar-refractivity contribution in [2.24, 2.45) is 0 Å². The highest BCUT2D eigenvalue weighted by atomic mass is 35.5. The number of amides is 2. The van der Waals surface area contributed by atoms with Crippen molar-refractivity contribution in [1.82, 2.24) is 19.9 Å². The molecule has 2 amide bonds. The van der Waals surface area contributed by atoms with Gasteiger partial charge in [0.15, 0.2) is 0 Å². The molecule has 1 aliphatic rings. The van der Waals surface area contributed by atoms with E-state index in [0.717, 1.165) is 5.56 Å². The highest BCUT2D eigenvalue weighted by molar-refractivity contribution is 6.30. The summed E-state index contributed by atoms with van der Waals surface area (Å²) in [5.41, 5.74) is 1.43. The zero-order valence-electron chi connectivity index (χ0n) is 17.3. The quantitative estimate of drug-likeness (QED) is 0.532. The van der Waals surface area contributed by atoms with Crippen LogP contribution in [0.2, 0.25) is 10.0 Å². The molecule has 0 saturated carbocycles. The first-order valence-electron chi connectivity index (χ1n) is 10.4. The van der Waals surface area contributed by atoms with E-state index in [4.69, 9.17) is 27.7 Å². The summed E-state index contributed by atoms with van der Waals surface area (Å²) in [6.07, 6.45) is 1.54. The Balaban J connectivity index is 1.21. The van der Waals surface area contributed by atoms with Crippen LogP contribution in [0.4, 0.5) is 0 Å². The van der Waals surface area contributed by atoms with Gasteiger partial charge >= 0.3 is 0 Å². The van der Waals surface area contributed by atoms with Crippen molar-refractivity contribution in [3.63, 3.8) is 0 Å². The number of carbonyl (C=O) groups is 2. The van der Waals surface area contributed by atoms with Crippen LogP contribution in [0.15, 0.2) is 53.1 Å². The summed E-state index contributed by atoms with van der Waals surface area (Å²) in [6.45, 7) is 2.08. The number of hydrogen-bond donors (Lipinski definition) is 0. The lowest BCUT2D eigenvalue weighted by atomic mass is 10.1. The summed E-state index contributed by atoms with van der Waals surface area (Å²) >= 11 is 11.8. The van der Waals surface area contributed by atoms with Crippen LogP contribution in [0.3, 0.4) is 0 Å². The third-order valence-electron chi connectivity index (χ3n) is 5.36. The van der Waals surface area contributed by atoms with Crippen LogP contribution < -0.4 is 0 Å². The van der Waals surface area contributed by atoms with Crippen LogP contribution in [0.25, 0.3) is 11.4 Å². The van der Waals surface area contributed by atoms with Crippen molar-refractivity contribution in [2.45, 2.75) is 19.3 Å². The van der Waals surface area contributed by atoms with Gasteiger partial charge in [-0.2, -0.15) is 4.98 Å². The predicted molar refractivity (Wildman–Crippen MR) is 122 cm³/mol. The van der Waals surface area contributed by atoms with E-state index < -0.39 is 0 Å². The van der Waals surface area contributed by atoms with Gasteiger partial charge in [0.1, 0.15) is 0 Å². The zero-order chi connectivity index (χ0) is 22.5. The van der Waals surface area contributed by atoms with Gasteiger partial charge in [-0.15, -0.1) is 0 Å². The zero-order valence-corrected chi connectivity index (χ0v) is 18.8. The van der Waals surface area contributed by atoms with Gasteiger partial charge in [-0.1, -0.05) is 28.4 Å². The molecule has 32 heavy (non-hydrogen) atoms. The Labute approximate surface area is 195 Å². The highest BCUT2D eigenvalue weighted by Gasteiger charge is 2.24. The number of halogens is 2. The first-order chi connectivity index (χ1) is 15.5. The van der Waals surface area contributed by atoms with E-state index in [1.807, 2.05) is 12.1 Å². The Hall–Kier alpha value is -2.90. The first-order valence-corrected chi connectivity index (χ1v) is 11.2. The number of piperazine rings is 1. The van der Waals surface area contributed by atoms with Crippen LogP contribution in [0, 0.1) is 0 Å². The second-order valence-corrected chi connectivity index (χ2v) is 8.42. The van der Waals surface area contributed by atoms with Gasteiger partial charge in [0.05, 0.1) is 0 Å². The van der Waals surface area contributed by atoms with Crippen molar-refractivity contribution in [2.75, 3.05) is 26.2 Å². The van der Waals surface area contributed by atoms with Crippen LogP contribution in [-0.4, -0.2) is 57.9 Å². The lowest BCUT2D eigenvalue weighted by Crippen LogP contribution is -2.50. The lowest BCUT2D eigenvalue weighted by molar-refractivity contribution is -0.132. The molecule has 9 heteroatoms. The highest BCUT2D eigenvalue weighted by Crippen LogP contribution is 2.19. The maximum atomic E-state index is 12.6. The Morgan fingerprint density at radius 3 is 2.12 bits per heavy atom. The summed E-state index contributed by atoms with van der Waals surface area (Å²) in [5, 5.41) is 5.23. The molecule has 0 radical (unpaired) electrons. The van der Waals surface area contributed by atoms with E-state index in [2.05, 4.69) is 10.1 Å². The molecule has 1 aliphatic heterocycles. The number of hydrogen-bond acceptors (Lipinski definition) is 5. The molecule has 0 spiro atoms. The smallest absolute Gasteiger partial charge is 0.253 e. The minimum Gasteiger partial charge on any atom is -0.339 e. The number of rotatable bonds is 6. The number of benzene rings is 2. The number of carbonyl (C=O) groups excluding carboxylic acids is 2. The maximum absolute atomic E-state index is 12.6. The molecule has 0 N–H and O–H groups in total. The molecule has 1 fully saturated rings. The molecule has 1 aromatic heterocycles. The Morgan fingerprint density at radius 1 is 0.875 bits per heavy atom. The van der Waals surface area contributed by atoms with Gasteiger partial charge < -0.3 is 14.3 Å². The van der Waals surface area contributed by atoms with Gasteiger partial charge in [0.25, 0.3) is 5.91 Å². The largest absolute Gasteiger partial charge is 0.339 e. The summed E-state index contributed by atoms with van der Waals surface area (Å²) in [7, 11) is 0. The minimum absolute atomic E-state index is 0.0401. The molecular weight excluding hydrogens is 451 g/mol. The number of aryl methyl sites for hydroxylation is 1. The van der Waals surface area contributed by atoms with Crippen LogP contribution in [0.1, 0.15) is 29.1 Å². The van der Waals surface area contributed by atoms with E-state index in [1.165, 1.54) is 0 Å². The molecule has 0 bridgehead atoms. The van der Waals surface area contributed by atoms with Gasteiger partial charge in [-0.25, -0.2) is 0 Å². The number of aromatic nitrogens is 2. The van der Waals surface area contributed by atoms with E-state index in [1.54, 1.807) is 46.2 Å². The van der Waals surface area contributed by atoms with Gasteiger partial charge in [0.2, 0.25) is 17.6 Å². The van der Waals surface area contributed by atoms with Gasteiger partial charge in [0, 0.05) is 60.2 Å². The molecule has 4 rings (SSSR count). The molecule has 3 aromatic rings. The van der Waals surface area contributed by atoms with Gasteiger partial charge in [-0.05, 0) is 55.0 Å². The molecule has 0 unspecified atom stereocenters. The van der Waals surface area contributed by atoms with Crippen molar-refractivity contribution in [3.05, 3.63) is 70.0 Å². The summed E-state index contributed by atoms with van der Waals surface area (Å²) < 4.78 is 5.29. The topological polar surface area (TPSA) is 79.5 Å². The molecule has 7 nitrogen and oxygen atoms in total. The van der Waals surface area contributed by atoms with E-state index >= 15 is 0 Å². The second kappa shape index (κ2) is 10.1. The molecule has 2 heterocycles. The van der Waals surface area contributed by atoms with Crippen molar-refractivity contribution in [1.29, 1.82) is 0 Å². The third-order valence-corrected chi connectivity index (χ3v) is 5.87. The van der Waals surface area contributed by atoms with Crippen molar-refractivity contribution < 1.29 is 14.1 Å². The molecule has 1 saturated heterocycles. The summed E-state index contributed by atoms with van der Waals surface area (Å²) in [6, 6.07) is 14.1. The third kappa shape index (κ3) is 5.47. The Bertz CT molecular complexity index is 1080. The Kier molecular flexibility index (Phi) is 7.07. The average molecular weight is 473 g/mol. The maximum Gasteiger partial charge on any atom is 0.253 e. The minimum atomic E-state index is -0.0401. The SMILES string of the molecule is O=C(CCCc1nc(-c2ccc(Cl)cc2)no1)N1CCN(C(=O)c2ccc(Cl)cc2)CC1. The van der Waals surface area contributed by atoms with Crippen LogP contribution in [-0.2, 0) is 11.2 Å².